The second-order valence-electron chi connectivity index (χ2n) is 12.0. The Balaban J connectivity index is 1.09. The molecule has 0 aliphatic heterocycles. The molecule has 0 aliphatic carbocycles. The van der Waals surface area contributed by atoms with Gasteiger partial charge >= 0.3 is 0 Å². The van der Waals surface area contributed by atoms with Gasteiger partial charge in [0.15, 0.2) is 0 Å². The lowest BCUT2D eigenvalue weighted by Gasteiger charge is -2.12. The molecule has 10 rings (SSSR count). The van der Waals surface area contributed by atoms with Crippen LogP contribution in [0.4, 0.5) is 0 Å². The number of rotatable bonds is 3. The second-order valence-corrected chi connectivity index (χ2v) is 13.0. The number of hydrogen-bond donors (Lipinski definition) is 0. The van der Waals surface area contributed by atoms with Crippen molar-refractivity contribution in [1.29, 1.82) is 0 Å². The number of hydrogen-bond acceptors (Lipinski definition) is 4. The Bertz CT molecular complexity index is 2840. The van der Waals surface area contributed by atoms with Crippen LogP contribution in [0.3, 0.4) is 0 Å². The fourth-order valence-electron chi connectivity index (χ4n) is 6.94. The summed E-state index contributed by atoms with van der Waals surface area (Å²) in [6.45, 7) is 0. The number of pyridine rings is 3. The zero-order chi connectivity index (χ0) is 30.9. The number of benzene rings is 6. The predicted molar refractivity (Wildman–Crippen MR) is 199 cm³/mol. The van der Waals surface area contributed by atoms with Gasteiger partial charge in [-0.05, 0) is 29.7 Å². The molecule has 0 N–H and O–H groups in total. The lowest BCUT2D eigenvalue weighted by Crippen LogP contribution is -1.92. The molecular formula is C43H25N3S. The van der Waals surface area contributed by atoms with Crippen LogP contribution in [0.25, 0.3) is 97.4 Å². The van der Waals surface area contributed by atoms with Crippen LogP contribution in [0.15, 0.2) is 152 Å². The van der Waals surface area contributed by atoms with Gasteiger partial charge in [-0.25, -0.2) is 15.0 Å². The third-order valence-corrected chi connectivity index (χ3v) is 10.5. The Hall–Kier alpha value is -5.97. The van der Waals surface area contributed by atoms with E-state index in [0.717, 1.165) is 66.5 Å². The maximum Gasteiger partial charge on any atom is 0.0972 e. The monoisotopic (exact) mass is 615 g/mol. The number of fused-ring (bicyclic) bond motifs is 10. The van der Waals surface area contributed by atoms with Crippen molar-refractivity contribution in [2.45, 2.75) is 0 Å². The first-order valence-electron chi connectivity index (χ1n) is 15.8. The van der Waals surface area contributed by atoms with Crippen LogP contribution in [-0.4, -0.2) is 15.0 Å². The SMILES string of the molecule is c1ccc(-c2ccc3ccc4ccc(-c5ccc(-c6nc7ccc8c9ccccc9sc8c7c7ccccc67)cc5)nc4c3n2)cc1. The molecule has 3 nitrogen and oxygen atoms in total. The maximum atomic E-state index is 5.29. The standard InChI is InChI=1S/C43H25N3S/c1-2-8-26(9-3-1)35-23-20-29-18-19-30-21-24-36(45-42(30)41(29)44-35)27-14-16-28(17-15-27)40-33-12-5-4-11-32(33)39-37(46-40)25-22-34-31-10-6-7-13-38(31)47-43(34)39/h1-25H. The third kappa shape index (κ3) is 4.16. The first-order valence-corrected chi connectivity index (χ1v) is 16.6. The number of nitrogens with zero attached hydrogens (tertiary/aromatic N) is 3. The zero-order valence-corrected chi connectivity index (χ0v) is 26.0. The first-order chi connectivity index (χ1) is 23.3. The van der Waals surface area contributed by atoms with Crippen molar-refractivity contribution in [2.75, 3.05) is 0 Å². The fraction of sp³-hybridized carbons (Fsp3) is 0. The highest BCUT2D eigenvalue weighted by Gasteiger charge is 2.16. The van der Waals surface area contributed by atoms with E-state index in [9.17, 15) is 0 Å². The van der Waals surface area contributed by atoms with Gasteiger partial charge < -0.3 is 0 Å². The quantitative estimate of drug-likeness (QED) is 0.186. The Labute approximate surface area is 274 Å². The summed E-state index contributed by atoms with van der Waals surface area (Å²) in [5.74, 6) is 0. The molecule has 218 valence electrons. The molecule has 0 radical (unpaired) electrons. The molecule has 0 saturated heterocycles. The summed E-state index contributed by atoms with van der Waals surface area (Å²) in [5.41, 5.74) is 8.96. The van der Waals surface area contributed by atoms with Gasteiger partial charge in [0.05, 0.1) is 33.6 Å². The third-order valence-electron chi connectivity index (χ3n) is 9.25. The lowest BCUT2D eigenvalue weighted by atomic mass is 9.98. The molecule has 6 aromatic carbocycles. The molecule has 0 saturated carbocycles. The average Bonchev–Trinajstić information content (AvgIpc) is 3.53. The van der Waals surface area contributed by atoms with E-state index in [1.165, 1.54) is 30.9 Å². The molecular weight excluding hydrogens is 591 g/mol. The molecule has 4 heterocycles. The minimum Gasteiger partial charge on any atom is -0.247 e. The normalized spacial score (nSPS) is 11.8. The largest absolute Gasteiger partial charge is 0.247 e. The van der Waals surface area contributed by atoms with Gasteiger partial charge in [-0.1, -0.05) is 127 Å². The molecule has 0 unspecified atom stereocenters. The Kier molecular flexibility index (Phi) is 5.74. The summed E-state index contributed by atoms with van der Waals surface area (Å²) >= 11 is 1.86. The van der Waals surface area contributed by atoms with Crippen molar-refractivity contribution in [1.82, 2.24) is 15.0 Å². The molecule has 0 aliphatic rings. The van der Waals surface area contributed by atoms with Crippen LogP contribution in [0.2, 0.25) is 0 Å². The van der Waals surface area contributed by atoms with Gasteiger partial charge in [0.25, 0.3) is 0 Å². The van der Waals surface area contributed by atoms with Crippen LogP contribution in [0.1, 0.15) is 0 Å². The first kappa shape index (κ1) is 26.3. The molecule has 4 aromatic heterocycles. The average molecular weight is 616 g/mol. The zero-order valence-electron chi connectivity index (χ0n) is 25.2. The van der Waals surface area contributed by atoms with Crippen molar-refractivity contribution in [3.8, 4) is 33.8 Å². The highest BCUT2D eigenvalue weighted by Crippen LogP contribution is 2.42. The van der Waals surface area contributed by atoms with Crippen LogP contribution >= 0.6 is 11.3 Å². The molecule has 47 heavy (non-hydrogen) atoms. The molecule has 0 amide bonds. The molecule has 0 fully saturated rings. The van der Waals surface area contributed by atoms with Crippen molar-refractivity contribution < 1.29 is 0 Å². The summed E-state index contributed by atoms with van der Waals surface area (Å²) in [5, 5.41) is 8.39. The van der Waals surface area contributed by atoms with Crippen molar-refractivity contribution in [2.24, 2.45) is 0 Å². The Morgan fingerprint density at radius 3 is 1.68 bits per heavy atom. The summed E-state index contributed by atoms with van der Waals surface area (Å²) in [6, 6.07) is 53.5. The Morgan fingerprint density at radius 2 is 0.957 bits per heavy atom. The van der Waals surface area contributed by atoms with Crippen molar-refractivity contribution in [3.05, 3.63) is 152 Å². The van der Waals surface area contributed by atoms with E-state index in [-0.39, 0.29) is 0 Å². The topological polar surface area (TPSA) is 38.7 Å². The number of aromatic nitrogens is 3. The predicted octanol–water partition coefficient (Wildman–Crippen LogP) is 11.9. The molecule has 10 aromatic rings. The van der Waals surface area contributed by atoms with Gasteiger partial charge in [0.2, 0.25) is 0 Å². The van der Waals surface area contributed by atoms with E-state index >= 15 is 0 Å². The van der Waals surface area contributed by atoms with Crippen LogP contribution in [0.5, 0.6) is 0 Å². The Morgan fingerprint density at radius 1 is 0.383 bits per heavy atom. The van der Waals surface area contributed by atoms with Gasteiger partial charge in [-0.3, -0.25) is 0 Å². The lowest BCUT2D eigenvalue weighted by molar-refractivity contribution is 1.36. The van der Waals surface area contributed by atoms with E-state index in [0.29, 0.717) is 0 Å². The minimum atomic E-state index is 0.914. The fourth-order valence-corrected chi connectivity index (χ4v) is 8.20. The summed E-state index contributed by atoms with van der Waals surface area (Å²) < 4.78 is 2.61. The van der Waals surface area contributed by atoms with Gasteiger partial charge in [0, 0.05) is 58.4 Å². The summed E-state index contributed by atoms with van der Waals surface area (Å²) in [7, 11) is 0. The van der Waals surface area contributed by atoms with Crippen LogP contribution in [0, 0.1) is 0 Å². The number of thiophene rings is 1. The van der Waals surface area contributed by atoms with E-state index in [1.54, 1.807) is 0 Å². The second kappa shape index (κ2) is 10.3. The van der Waals surface area contributed by atoms with Crippen molar-refractivity contribution in [3.63, 3.8) is 0 Å². The highest BCUT2D eigenvalue weighted by atomic mass is 32.1. The van der Waals surface area contributed by atoms with Gasteiger partial charge in [-0.2, -0.15) is 0 Å². The van der Waals surface area contributed by atoms with E-state index < -0.39 is 0 Å². The van der Waals surface area contributed by atoms with E-state index in [2.05, 4.69) is 133 Å². The highest BCUT2D eigenvalue weighted by molar-refractivity contribution is 7.26. The van der Waals surface area contributed by atoms with Crippen LogP contribution in [-0.2, 0) is 0 Å². The van der Waals surface area contributed by atoms with Crippen molar-refractivity contribution >= 4 is 75.0 Å². The smallest absolute Gasteiger partial charge is 0.0972 e. The minimum absolute atomic E-state index is 0.914. The van der Waals surface area contributed by atoms with Crippen LogP contribution < -0.4 is 0 Å². The maximum absolute atomic E-state index is 5.29. The van der Waals surface area contributed by atoms with E-state index in [1.807, 2.05) is 29.5 Å². The summed E-state index contributed by atoms with van der Waals surface area (Å²) in [4.78, 5) is 15.5. The molecule has 0 spiro atoms. The molecule has 4 heteroatoms. The van der Waals surface area contributed by atoms with E-state index in [4.69, 9.17) is 15.0 Å². The summed E-state index contributed by atoms with van der Waals surface area (Å²) in [6.07, 6.45) is 0. The van der Waals surface area contributed by atoms with Gasteiger partial charge in [-0.15, -0.1) is 11.3 Å². The molecule has 0 bridgehead atoms. The van der Waals surface area contributed by atoms with Gasteiger partial charge in [0.1, 0.15) is 0 Å². The molecule has 0 atom stereocenters.